The van der Waals surface area contributed by atoms with E-state index in [4.69, 9.17) is 11.6 Å². The van der Waals surface area contributed by atoms with Gasteiger partial charge in [-0.3, -0.25) is 0 Å². The molecule has 3 aromatic rings. The largest absolute Gasteiger partial charge is 0.248 e. The second-order valence-corrected chi connectivity index (χ2v) is 5.31. The summed E-state index contributed by atoms with van der Waals surface area (Å²) in [5, 5.41) is 2.57. The van der Waals surface area contributed by atoms with E-state index in [2.05, 4.69) is 39.1 Å². The Morgan fingerprint density at radius 1 is 1.00 bits per heavy atom. The van der Waals surface area contributed by atoms with Crippen molar-refractivity contribution in [3.8, 4) is 11.3 Å². The Kier molecular flexibility index (Phi) is 3.54. The Morgan fingerprint density at radius 3 is 2.68 bits per heavy atom. The summed E-state index contributed by atoms with van der Waals surface area (Å²) in [6.07, 6.45) is 0. The molecule has 94 valence electrons. The lowest BCUT2D eigenvalue weighted by Crippen LogP contribution is -1.87. The fourth-order valence-corrected chi connectivity index (χ4v) is 2.71. The van der Waals surface area contributed by atoms with E-state index in [1.165, 1.54) is 5.56 Å². The molecule has 0 aliphatic rings. The van der Waals surface area contributed by atoms with E-state index in [1.807, 2.05) is 36.4 Å². The first-order valence-electron chi connectivity index (χ1n) is 5.98. The van der Waals surface area contributed by atoms with Crippen LogP contribution in [0.15, 0.2) is 54.6 Å². The summed E-state index contributed by atoms with van der Waals surface area (Å²) in [7, 11) is 0. The summed E-state index contributed by atoms with van der Waals surface area (Å²) in [4.78, 5) is 4.68. The quantitative estimate of drug-likeness (QED) is 0.569. The van der Waals surface area contributed by atoms with Gasteiger partial charge in [0.25, 0.3) is 0 Å². The van der Waals surface area contributed by atoms with Gasteiger partial charge in [-0.1, -0.05) is 63.9 Å². The third-order valence-electron chi connectivity index (χ3n) is 3.04. The molecule has 3 heteroatoms. The number of para-hydroxylation sites is 1. The van der Waals surface area contributed by atoms with Crippen molar-refractivity contribution in [1.82, 2.24) is 4.98 Å². The predicted octanol–water partition coefficient (Wildman–Crippen LogP) is 5.45. The van der Waals surface area contributed by atoms with Crippen LogP contribution in [-0.4, -0.2) is 4.98 Å². The van der Waals surface area contributed by atoms with Gasteiger partial charge in [0.2, 0.25) is 0 Å². The smallest absolute Gasteiger partial charge is 0.0724 e. The zero-order valence-corrected chi connectivity index (χ0v) is 12.4. The van der Waals surface area contributed by atoms with Crippen molar-refractivity contribution in [1.29, 1.82) is 0 Å². The molecule has 0 fully saturated rings. The Bertz CT molecular complexity index is 740. The minimum absolute atomic E-state index is 0.741. The van der Waals surface area contributed by atoms with Crippen LogP contribution < -0.4 is 0 Å². The highest BCUT2D eigenvalue weighted by atomic mass is 79.9. The van der Waals surface area contributed by atoms with E-state index in [1.54, 1.807) is 0 Å². The van der Waals surface area contributed by atoms with Crippen LogP contribution >= 0.6 is 27.5 Å². The van der Waals surface area contributed by atoms with Crippen LogP contribution in [0.25, 0.3) is 22.2 Å². The van der Waals surface area contributed by atoms with E-state index in [9.17, 15) is 0 Å². The minimum Gasteiger partial charge on any atom is -0.248 e. The molecular weight excluding hydrogens is 322 g/mol. The van der Waals surface area contributed by atoms with Gasteiger partial charge in [-0.25, -0.2) is 4.98 Å². The summed E-state index contributed by atoms with van der Waals surface area (Å²) < 4.78 is 0. The number of nitrogens with zero attached hydrogens (tertiary/aromatic N) is 1. The van der Waals surface area contributed by atoms with Gasteiger partial charge < -0.3 is 0 Å². The Hall–Kier alpha value is -1.38. The average Bonchev–Trinajstić information content (AvgIpc) is 2.47. The van der Waals surface area contributed by atoms with E-state index >= 15 is 0 Å². The van der Waals surface area contributed by atoms with Crippen molar-refractivity contribution in [3.63, 3.8) is 0 Å². The maximum atomic E-state index is 6.34. The number of fused-ring (bicyclic) bond motifs is 1. The van der Waals surface area contributed by atoms with Crippen LogP contribution in [0.4, 0.5) is 0 Å². The van der Waals surface area contributed by atoms with Crippen LogP contribution in [0, 0.1) is 0 Å². The van der Waals surface area contributed by atoms with Crippen LogP contribution in [0.2, 0.25) is 5.02 Å². The molecule has 2 aromatic carbocycles. The second kappa shape index (κ2) is 5.32. The number of benzene rings is 2. The molecule has 1 nitrogen and oxygen atoms in total. The first-order valence-corrected chi connectivity index (χ1v) is 7.48. The maximum Gasteiger partial charge on any atom is 0.0724 e. The molecule has 0 amide bonds. The van der Waals surface area contributed by atoms with Gasteiger partial charge in [0.15, 0.2) is 0 Å². The molecule has 3 rings (SSSR count). The fourth-order valence-electron chi connectivity index (χ4n) is 2.09. The number of hydrogen-bond acceptors (Lipinski definition) is 1. The van der Waals surface area contributed by atoms with Crippen molar-refractivity contribution in [2.45, 2.75) is 5.33 Å². The lowest BCUT2D eigenvalue weighted by Gasteiger charge is -2.06. The van der Waals surface area contributed by atoms with Gasteiger partial charge in [0.1, 0.15) is 0 Å². The number of pyridine rings is 1. The third-order valence-corrected chi connectivity index (χ3v) is 4.00. The molecule has 0 bridgehead atoms. The van der Waals surface area contributed by atoms with Gasteiger partial charge in [-0.2, -0.15) is 0 Å². The SMILES string of the molecule is Clc1cc(-c2cccc(CBr)c2)nc2ccccc12. The van der Waals surface area contributed by atoms with Gasteiger partial charge in [-0.05, 0) is 23.8 Å². The van der Waals surface area contributed by atoms with Gasteiger partial charge >= 0.3 is 0 Å². The molecule has 0 aliphatic heterocycles. The molecular formula is C16H11BrClN. The van der Waals surface area contributed by atoms with Gasteiger partial charge in [-0.15, -0.1) is 0 Å². The molecule has 19 heavy (non-hydrogen) atoms. The number of alkyl halides is 1. The van der Waals surface area contributed by atoms with Gasteiger partial charge in [0, 0.05) is 16.3 Å². The van der Waals surface area contributed by atoms with Crippen molar-refractivity contribution in [2.24, 2.45) is 0 Å². The molecule has 1 aromatic heterocycles. The zero-order chi connectivity index (χ0) is 13.2. The molecule has 0 radical (unpaired) electrons. The van der Waals surface area contributed by atoms with E-state index in [-0.39, 0.29) is 0 Å². The van der Waals surface area contributed by atoms with Crippen LogP contribution in [-0.2, 0) is 5.33 Å². The topological polar surface area (TPSA) is 12.9 Å². The van der Waals surface area contributed by atoms with Crippen LogP contribution in [0.3, 0.4) is 0 Å². The highest BCUT2D eigenvalue weighted by Gasteiger charge is 2.06. The predicted molar refractivity (Wildman–Crippen MR) is 84.8 cm³/mol. The highest BCUT2D eigenvalue weighted by Crippen LogP contribution is 2.28. The number of halogens is 2. The zero-order valence-electron chi connectivity index (χ0n) is 10.1. The monoisotopic (exact) mass is 331 g/mol. The molecule has 0 aliphatic carbocycles. The Labute approximate surface area is 125 Å². The van der Waals surface area contributed by atoms with Crippen molar-refractivity contribution in [3.05, 3.63) is 65.2 Å². The fraction of sp³-hybridized carbons (Fsp3) is 0.0625. The van der Waals surface area contributed by atoms with Crippen LogP contribution in [0.1, 0.15) is 5.56 Å². The van der Waals surface area contributed by atoms with Crippen LogP contribution in [0.5, 0.6) is 0 Å². The summed E-state index contributed by atoms with van der Waals surface area (Å²) >= 11 is 9.81. The lowest BCUT2D eigenvalue weighted by molar-refractivity contribution is 1.37. The minimum atomic E-state index is 0.741. The van der Waals surface area contributed by atoms with E-state index in [0.717, 1.165) is 32.5 Å². The molecule has 0 saturated carbocycles. The van der Waals surface area contributed by atoms with E-state index in [0.29, 0.717) is 0 Å². The highest BCUT2D eigenvalue weighted by molar-refractivity contribution is 9.08. The summed E-state index contributed by atoms with van der Waals surface area (Å²) in [6.45, 7) is 0. The lowest BCUT2D eigenvalue weighted by atomic mass is 10.1. The standard InChI is InChI=1S/C16H11BrClN/c17-10-11-4-3-5-12(8-11)16-9-14(18)13-6-1-2-7-15(13)19-16/h1-9H,10H2. The first kappa shape index (κ1) is 12.6. The summed E-state index contributed by atoms with van der Waals surface area (Å²) in [5.41, 5.74) is 4.15. The summed E-state index contributed by atoms with van der Waals surface area (Å²) in [5.74, 6) is 0. The normalized spacial score (nSPS) is 10.8. The van der Waals surface area contributed by atoms with Crippen molar-refractivity contribution < 1.29 is 0 Å². The number of aromatic nitrogens is 1. The summed E-state index contributed by atoms with van der Waals surface area (Å²) in [6, 6.07) is 18.2. The molecule has 0 saturated heterocycles. The van der Waals surface area contributed by atoms with E-state index < -0.39 is 0 Å². The molecule has 0 unspecified atom stereocenters. The second-order valence-electron chi connectivity index (χ2n) is 4.34. The number of rotatable bonds is 2. The molecule has 0 atom stereocenters. The first-order chi connectivity index (χ1) is 9.28. The third kappa shape index (κ3) is 2.51. The van der Waals surface area contributed by atoms with Crippen molar-refractivity contribution >= 4 is 38.4 Å². The van der Waals surface area contributed by atoms with Crippen molar-refractivity contribution in [2.75, 3.05) is 0 Å². The Balaban J connectivity index is 2.19. The maximum absolute atomic E-state index is 6.34. The molecule has 0 spiro atoms. The average molecular weight is 333 g/mol. The molecule has 1 heterocycles. The Morgan fingerprint density at radius 2 is 1.84 bits per heavy atom. The number of hydrogen-bond donors (Lipinski definition) is 0. The molecule has 0 N–H and O–H groups in total. The van der Waals surface area contributed by atoms with Gasteiger partial charge in [0.05, 0.1) is 16.2 Å².